The van der Waals surface area contributed by atoms with Gasteiger partial charge in [0.1, 0.15) is 0 Å². The number of sulfonamides is 1. The van der Waals surface area contributed by atoms with Crippen molar-refractivity contribution in [1.82, 2.24) is 0 Å². The Morgan fingerprint density at radius 2 is 1.95 bits per heavy atom. The van der Waals surface area contributed by atoms with Crippen molar-refractivity contribution < 1.29 is 13.2 Å². The third kappa shape index (κ3) is 3.76. The number of anilines is 1. The van der Waals surface area contributed by atoms with Crippen molar-refractivity contribution in [2.45, 2.75) is 38.1 Å². The molecule has 1 amide bonds. The van der Waals surface area contributed by atoms with Crippen LogP contribution in [-0.2, 0) is 14.8 Å². The zero-order chi connectivity index (χ0) is 14.8. The van der Waals surface area contributed by atoms with Crippen LogP contribution in [0.1, 0.15) is 24.5 Å². The maximum Gasteiger partial charge on any atom is 0.241 e. The van der Waals surface area contributed by atoms with Crippen LogP contribution in [0.15, 0.2) is 17.0 Å². The highest BCUT2D eigenvalue weighted by Crippen LogP contribution is 2.23. The van der Waals surface area contributed by atoms with Crippen molar-refractivity contribution in [3.63, 3.8) is 0 Å². The SMILES string of the molecule is CC[C@@H](N)C(=O)Nc1cc(S(N)(=O)=O)cc(C)c1C. The van der Waals surface area contributed by atoms with E-state index in [-0.39, 0.29) is 10.8 Å². The molecular formula is C12H19N3O3S. The fourth-order valence-electron chi connectivity index (χ4n) is 1.53. The van der Waals surface area contributed by atoms with Gasteiger partial charge in [-0.05, 0) is 43.5 Å². The van der Waals surface area contributed by atoms with Crippen LogP contribution in [-0.4, -0.2) is 20.4 Å². The molecule has 0 saturated heterocycles. The molecule has 0 aliphatic carbocycles. The molecule has 0 unspecified atom stereocenters. The summed E-state index contributed by atoms with van der Waals surface area (Å²) in [6.07, 6.45) is 0.499. The number of carbonyl (C=O) groups is 1. The van der Waals surface area contributed by atoms with E-state index in [2.05, 4.69) is 5.32 Å². The number of nitrogens with one attached hydrogen (secondary N) is 1. The molecule has 0 spiro atoms. The number of nitrogens with two attached hydrogens (primary N) is 2. The van der Waals surface area contributed by atoms with Gasteiger partial charge in [-0.15, -0.1) is 0 Å². The van der Waals surface area contributed by atoms with Crippen LogP contribution < -0.4 is 16.2 Å². The third-order valence-electron chi connectivity index (χ3n) is 3.00. The molecule has 106 valence electrons. The van der Waals surface area contributed by atoms with Crippen LogP contribution in [0.2, 0.25) is 0 Å². The number of benzene rings is 1. The second-order valence-corrected chi connectivity index (χ2v) is 6.02. The monoisotopic (exact) mass is 285 g/mol. The average molecular weight is 285 g/mol. The van der Waals surface area contributed by atoms with Gasteiger partial charge < -0.3 is 11.1 Å². The zero-order valence-corrected chi connectivity index (χ0v) is 12.0. The van der Waals surface area contributed by atoms with Gasteiger partial charge in [-0.2, -0.15) is 0 Å². The van der Waals surface area contributed by atoms with E-state index in [1.165, 1.54) is 12.1 Å². The van der Waals surface area contributed by atoms with E-state index in [0.717, 1.165) is 11.1 Å². The first kappa shape index (κ1) is 15.6. The molecule has 1 aromatic rings. The molecule has 7 heteroatoms. The maximum atomic E-state index is 11.8. The summed E-state index contributed by atoms with van der Waals surface area (Å²) in [6.45, 7) is 5.33. The second-order valence-electron chi connectivity index (χ2n) is 4.46. The Labute approximate surface area is 113 Å². The molecule has 0 aliphatic rings. The summed E-state index contributed by atoms with van der Waals surface area (Å²) in [4.78, 5) is 11.7. The molecule has 1 rings (SSSR count). The first-order valence-corrected chi connectivity index (χ1v) is 7.42. The molecule has 0 saturated carbocycles. The molecule has 0 heterocycles. The molecular weight excluding hydrogens is 266 g/mol. The van der Waals surface area contributed by atoms with Gasteiger partial charge in [0.2, 0.25) is 15.9 Å². The lowest BCUT2D eigenvalue weighted by Crippen LogP contribution is -2.35. The van der Waals surface area contributed by atoms with Crippen LogP contribution in [0.5, 0.6) is 0 Å². The van der Waals surface area contributed by atoms with Gasteiger partial charge in [0, 0.05) is 5.69 Å². The molecule has 6 nitrogen and oxygen atoms in total. The number of primary sulfonamides is 1. The van der Waals surface area contributed by atoms with Crippen LogP contribution in [0.25, 0.3) is 0 Å². The zero-order valence-electron chi connectivity index (χ0n) is 11.2. The molecule has 0 bridgehead atoms. The number of aryl methyl sites for hydroxylation is 1. The molecule has 0 radical (unpaired) electrons. The lowest BCUT2D eigenvalue weighted by atomic mass is 10.1. The van der Waals surface area contributed by atoms with Crippen molar-refractivity contribution >= 4 is 21.6 Å². The Morgan fingerprint density at radius 3 is 2.42 bits per heavy atom. The average Bonchev–Trinajstić information content (AvgIpc) is 2.32. The summed E-state index contributed by atoms with van der Waals surface area (Å²) in [7, 11) is -3.81. The standard InChI is InChI=1S/C12H19N3O3S/c1-4-10(13)12(16)15-11-6-9(19(14,17)18)5-7(2)8(11)3/h5-6,10H,4,13H2,1-3H3,(H,15,16)(H2,14,17,18)/t10-/m1/s1. The number of hydrogen-bond acceptors (Lipinski definition) is 4. The minimum absolute atomic E-state index is 0.0315. The largest absolute Gasteiger partial charge is 0.324 e. The number of amides is 1. The van der Waals surface area contributed by atoms with Crippen molar-refractivity contribution in [3.05, 3.63) is 23.3 Å². The van der Waals surface area contributed by atoms with E-state index in [0.29, 0.717) is 12.1 Å². The Balaban J connectivity index is 3.21. The van der Waals surface area contributed by atoms with E-state index < -0.39 is 16.1 Å². The van der Waals surface area contributed by atoms with Gasteiger partial charge >= 0.3 is 0 Å². The topological polar surface area (TPSA) is 115 Å². The number of carbonyl (C=O) groups excluding carboxylic acids is 1. The lowest BCUT2D eigenvalue weighted by molar-refractivity contribution is -0.117. The van der Waals surface area contributed by atoms with Crippen LogP contribution >= 0.6 is 0 Å². The van der Waals surface area contributed by atoms with Gasteiger partial charge in [-0.1, -0.05) is 6.92 Å². The Bertz CT molecular complexity index is 596. The summed E-state index contributed by atoms with van der Waals surface area (Å²) in [5.41, 5.74) is 7.55. The number of hydrogen-bond donors (Lipinski definition) is 3. The summed E-state index contributed by atoms with van der Waals surface area (Å²) in [5.74, 6) is -0.350. The molecule has 0 fully saturated rings. The van der Waals surface area contributed by atoms with Gasteiger partial charge in [0.25, 0.3) is 0 Å². The van der Waals surface area contributed by atoms with Gasteiger partial charge in [0.05, 0.1) is 10.9 Å². The summed E-state index contributed by atoms with van der Waals surface area (Å²) in [5, 5.41) is 7.73. The van der Waals surface area contributed by atoms with E-state index >= 15 is 0 Å². The molecule has 1 aromatic carbocycles. The Morgan fingerprint density at radius 1 is 1.37 bits per heavy atom. The van der Waals surface area contributed by atoms with Crippen molar-refractivity contribution in [3.8, 4) is 0 Å². The van der Waals surface area contributed by atoms with Gasteiger partial charge in [0.15, 0.2) is 0 Å². The quantitative estimate of drug-likeness (QED) is 0.752. The van der Waals surface area contributed by atoms with Crippen LogP contribution in [0, 0.1) is 13.8 Å². The maximum absolute atomic E-state index is 11.8. The Kier molecular flexibility index (Phi) is 4.67. The normalized spacial score (nSPS) is 13.1. The predicted octanol–water partition coefficient (Wildman–Crippen LogP) is 0.627. The van der Waals surface area contributed by atoms with E-state index in [9.17, 15) is 13.2 Å². The lowest BCUT2D eigenvalue weighted by Gasteiger charge is -2.15. The van der Waals surface area contributed by atoms with Crippen LogP contribution in [0.4, 0.5) is 5.69 Å². The fourth-order valence-corrected chi connectivity index (χ4v) is 2.15. The smallest absolute Gasteiger partial charge is 0.241 e. The van der Waals surface area contributed by atoms with Gasteiger partial charge in [-0.25, -0.2) is 13.6 Å². The third-order valence-corrected chi connectivity index (χ3v) is 3.90. The minimum atomic E-state index is -3.81. The van der Waals surface area contributed by atoms with Crippen LogP contribution in [0.3, 0.4) is 0 Å². The van der Waals surface area contributed by atoms with Gasteiger partial charge in [-0.3, -0.25) is 4.79 Å². The first-order valence-electron chi connectivity index (χ1n) is 5.87. The highest BCUT2D eigenvalue weighted by Gasteiger charge is 2.16. The summed E-state index contributed by atoms with van der Waals surface area (Å²) < 4.78 is 22.7. The predicted molar refractivity (Wildman–Crippen MR) is 74.2 cm³/mol. The minimum Gasteiger partial charge on any atom is -0.324 e. The molecule has 0 aromatic heterocycles. The summed E-state index contributed by atoms with van der Waals surface area (Å²) in [6, 6.07) is 2.19. The van der Waals surface area contributed by atoms with Crippen molar-refractivity contribution in [1.29, 1.82) is 0 Å². The van der Waals surface area contributed by atoms with E-state index in [1.807, 2.05) is 0 Å². The van der Waals surface area contributed by atoms with Crippen molar-refractivity contribution in [2.24, 2.45) is 10.9 Å². The fraction of sp³-hybridized carbons (Fsp3) is 0.417. The first-order chi connectivity index (χ1) is 8.66. The highest BCUT2D eigenvalue weighted by atomic mass is 32.2. The van der Waals surface area contributed by atoms with E-state index in [1.54, 1.807) is 20.8 Å². The molecule has 5 N–H and O–H groups in total. The highest BCUT2D eigenvalue weighted by molar-refractivity contribution is 7.89. The molecule has 19 heavy (non-hydrogen) atoms. The van der Waals surface area contributed by atoms with Crippen molar-refractivity contribution in [2.75, 3.05) is 5.32 Å². The Hall–Kier alpha value is -1.44. The molecule has 0 aliphatic heterocycles. The second kappa shape index (κ2) is 5.68. The van der Waals surface area contributed by atoms with E-state index in [4.69, 9.17) is 10.9 Å². The summed E-state index contributed by atoms with van der Waals surface area (Å²) >= 11 is 0. The molecule has 1 atom stereocenters. The number of rotatable bonds is 4.